The van der Waals surface area contributed by atoms with Crippen molar-refractivity contribution in [2.45, 2.75) is 13.3 Å². The number of ether oxygens (including phenoxy) is 1. The Morgan fingerprint density at radius 1 is 1.20 bits per heavy atom. The van der Waals surface area contributed by atoms with Crippen LogP contribution in [0.5, 0.6) is 11.5 Å². The molecule has 0 saturated heterocycles. The summed E-state index contributed by atoms with van der Waals surface area (Å²) in [7, 11) is 0. The molecule has 2 rings (SSSR count). The van der Waals surface area contributed by atoms with Crippen molar-refractivity contribution in [1.29, 1.82) is 0 Å². The van der Waals surface area contributed by atoms with Crippen LogP contribution in [0.15, 0.2) is 45.3 Å². The van der Waals surface area contributed by atoms with E-state index in [1.165, 1.54) is 0 Å². The quantitative estimate of drug-likeness (QED) is 0.416. The second kappa shape index (κ2) is 9.17. The fraction of sp³-hybridized carbons (Fsp3) is 0.176. The molecular formula is C17H16Br2N2O3S. The molecule has 8 heteroatoms. The van der Waals surface area contributed by atoms with E-state index in [0.717, 1.165) is 12.2 Å². The number of amides is 1. The smallest absolute Gasteiger partial charge is 0.257 e. The summed E-state index contributed by atoms with van der Waals surface area (Å²) in [6.07, 6.45) is 0.922. The average Bonchev–Trinajstić information content (AvgIpc) is 2.58. The van der Waals surface area contributed by atoms with E-state index in [1.54, 1.807) is 36.4 Å². The molecule has 5 nitrogen and oxygen atoms in total. The zero-order valence-electron chi connectivity index (χ0n) is 13.3. The number of halogens is 2. The Balaban J connectivity index is 1.97. The molecule has 132 valence electrons. The third-order valence-corrected chi connectivity index (χ3v) is 4.50. The Morgan fingerprint density at radius 3 is 2.36 bits per heavy atom. The predicted molar refractivity (Wildman–Crippen MR) is 109 cm³/mol. The zero-order valence-corrected chi connectivity index (χ0v) is 17.3. The SMILES string of the molecule is CCCOc1ccc(C(=O)NC(=S)Nc2cc(Br)c(O)c(Br)c2)cc1. The lowest BCUT2D eigenvalue weighted by Crippen LogP contribution is -2.34. The first-order valence-electron chi connectivity index (χ1n) is 7.44. The highest BCUT2D eigenvalue weighted by Crippen LogP contribution is 2.35. The van der Waals surface area contributed by atoms with Gasteiger partial charge in [0.2, 0.25) is 0 Å². The van der Waals surface area contributed by atoms with Crippen molar-refractivity contribution in [3.8, 4) is 11.5 Å². The van der Waals surface area contributed by atoms with Gasteiger partial charge in [0.1, 0.15) is 11.5 Å². The number of phenolic OH excluding ortho intramolecular Hbond substituents is 1. The number of carbonyl (C=O) groups is 1. The first-order chi connectivity index (χ1) is 11.9. The first kappa shape index (κ1) is 19.7. The summed E-state index contributed by atoms with van der Waals surface area (Å²) in [5.74, 6) is 0.486. The molecule has 0 aliphatic carbocycles. The minimum absolute atomic E-state index is 0.0888. The maximum Gasteiger partial charge on any atom is 0.257 e. The molecule has 25 heavy (non-hydrogen) atoms. The van der Waals surface area contributed by atoms with Crippen LogP contribution in [0.25, 0.3) is 0 Å². The summed E-state index contributed by atoms with van der Waals surface area (Å²) < 4.78 is 6.49. The van der Waals surface area contributed by atoms with Crippen LogP contribution in [0.4, 0.5) is 5.69 Å². The Kier molecular flexibility index (Phi) is 7.22. The van der Waals surface area contributed by atoms with E-state index in [-0.39, 0.29) is 16.8 Å². The van der Waals surface area contributed by atoms with E-state index in [4.69, 9.17) is 17.0 Å². The highest BCUT2D eigenvalue weighted by molar-refractivity contribution is 9.11. The van der Waals surface area contributed by atoms with Crippen molar-refractivity contribution in [1.82, 2.24) is 5.32 Å². The maximum absolute atomic E-state index is 12.2. The lowest BCUT2D eigenvalue weighted by atomic mass is 10.2. The molecule has 2 aromatic rings. The molecule has 2 aromatic carbocycles. The number of thiocarbonyl (C=S) groups is 1. The van der Waals surface area contributed by atoms with Gasteiger partial charge >= 0.3 is 0 Å². The van der Waals surface area contributed by atoms with E-state index in [0.29, 0.717) is 26.8 Å². The van der Waals surface area contributed by atoms with Gasteiger partial charge in [-0.2, -0.15) is 0 Å². The molecule has 3 N–H and O–H groups in total. The number of hydrogen-bond acceptors (Lipinski definition) is 4. The van der Waals surface area contributed by atoms with E-state index < -0.39 is 0 Å². The maximum atomic E-state index is 12.2. The van der Waals surface area contributed by atoms with Gasteiger partial charge in [0.15, 0.2) is 5.11 Å². The van der Waals surface area contributed by atoms with Crippen LogP contribution in [-0.2, 0) is 0 Å². The Bertz CT molecular complexity index is 759. The van der Waals surface area contributed by atoms with Crippen LogP contribution in [-0.4, -0.2) is 22.7 Å². The number of aromatic hydroxyl groups is 1. The Hall–Kier alpha value is -1.64. The third kappa shape index (κ3) is 5.69. The fourth-order valence-electron chi connectivity index (χ4n) is 1.90. The van der Waals surface area contributed by atoms with E-state index in [1.807, 2.05) is 6.92 Å². The molecule has 0 aliphatic rings. The first-order valence-corrected chi connectivity index (χ1v) is 9.43. The number of phenols is 1. The second-order valence-corrected chi connectivity index (χ2v) is 7.19. The summed E-state index contributed by atoms with van der Waals surface area (Å²) in [6, 6.07) is 10.1. The van der Waals surface area contributed by atoms with Gasteiger partial charge in [-0.25, -0.2) is 0 Å². The van der Waals surface area contributed by atoms with Gasteiger partial charge in [0.05, 0.1) is 15.6 Å². The molecule has 0 aliphatic heterocycles. The number of hydrogen-bond donors (Lipinski definition) is 3. The summed E-state index contributed by atoms with van der Waals surface area (Å²) in [4.78, 5) is 12.2. The third-order valence-electron chi connectivity index (χ3n) is 3.09. The highest BCUT2D eigenvalue weighted by atomic mass is 79.9. The second-order valence-electron chi connectivity index (χ2n) is 5.07. The number of benzene rings is 2. The summed E-state index contributed by atoms with van der Waals surface area (Å²) in [5, 5.41) is 15.4. The molecular weight excluding hydrogens is 472 g/mol. The van der Waals surface area contributed by atoms with E-state index >= 15 is 0 Å². The van der Waals surface area contributed by atoms with Gasteiger partial charge in [-0.1, -0.05) is 6.92 Å². The number of rotatable bonds is 5. The van der Waals surface area contributed by atoms with Crippen molar-refractivity contribution in [3.05, 3.63) is 50.9 Å². The van der Waals surface area contributed by atoms with Crippen molar-refractivity contribution in [3.63, 3.8) is 0 Å². The molecule has 1 amide bonds. The van der Waals surface area contributed by atoms with Gasteiger partial charge in [0, 0.05) is 11.3 Å². The molecule has 0 bridgehead atoms. The summed E-state index contributed by atoms with van der Waals surface area (Å²) in [6.45, 7) is 2.66. The Morgan fingerprint density at radius 2 is 1.80 bits per heavy atom. The molecule has 0 spiro atoms. The lowest BCUT2D eigenvalue weighted by Gasteiger charge is -2.11. The number of anilines is 1. The van der Waals surface area contributed by atoms with Crippen LogP contribution in [0.1, 0.15) is 23.7 Å². The molecule has 0 saturated carbocycles. The van der Waals surface area contributed by atoms with Crippen molar-refractivity contribution in [2.24, 2.45) is 0 Å². The molecule has 0 fully saturated rings. The number of nitrogens with one attached hydrogen (secondary N) is 2. The lowest BCUT2D eigenvalue weighted by molar-refractivity contribution is 0.0977. The van der Waals surface area contributed by atoms with Gasteiger partial charge in [-0.15, -0.1) is 0 Å². The predicted octanol–water partition coefficient (Wildman–Crippen LogP) is 4.83. The molecule has 0 aromatic heterocycles. The van der Waals surface area contributed by atoms with Gasteiger partial charge in [-0.05, 0) is 86.9 Å². The van der Waals surface area contributed by atoms with Crippen molar-refractivity contribution < 1.29 is 14.6 Å². The summed E-state index contributed by atoms with van der Waals surface area (Å²) in [5.41, 5.74) is 1.09. The summed E-state index contributed by atoms with van der Waals surface area (Å²) >= 11 is 11.6. The van der Waals surface area contributed by atoms with Gasteiger partial charge in [-0.3, -0.25) is 10.1 Å². The molecule has 0 radical (unpaired) electrons. The van der Waals surface area contributed by atoms with Crippen LogP contribution < -0.4 is 15.4 Å². The molecule has 0 atom stereocenters. The Labute approximate surface area is 168 Å². The largest absolute Gasteiger partial charge is 0.506 e. The average molecular weight is 488 g/mol. The van der Waals surface area contributed by atoms with Gasteiger partial charge < -0.3 is 15.2 Å². The highest BCUT2D eigenvalue weighted by Gasteiger charge is 2.10. The minimum atomic E-state index is -0.323. The number of carbonyl (C=O) groups excluding carboxylic acids is 1. The van der Waals surface area contributed by atoms with E-state index in [2.05, 4.69) is 42.5 Å². The van der Waals surface area contributed by atoms with Crippen LogP contribution in [0.2, 0.25) is 0 Å². The standard InChI is InChI=1S/C17H16Br2N2O3S/c1-2-7-24-12-5-3-10(4-6-12)16(23)21-17(25)20-11-8-13(18)15(22)14(19)9-11/h3-6,8-9,22H,2,7H2,1H3,(H2,20,21,23,25). The van der Waals surface area contributed by atoms with Crippen molar-refractivity contribution >= 4 is 60.8 Å². The van der Waals surface area contributed by atoms with E-state index in [9.17, 15) is 9.90 Å². The van der Waals surface area contributed by atoms with Crippen LogP contribution in [0, 0.1) is 0 Å². The van der Waals surface area contributed by atoms with Crippen LogP contribution in [0.3, 0.4) is 0 Å². The molecule has 0 heterocycles. The minimum Gasteiger partial charge on any atom is -0.506 e. The van der Waals surface area contributed by atoms with Crippen molar-refractivity contribution in [2.75, 3.05) is 11.9 Å². The van der Waals surface area contributed by atoms with Crippen LogP contribution >= 0.6 is 44.1 Å². The zero-order chi connectivity index (χ0) is 18.4. The molecule has 0 unspecified atom stereocenters. The topological polar surface area (TPSA) is 70.6 Å². The van der Waals surface area contributed by atoms with Gasteiger partial charge in [0.25, 0.3) is 5.91 Å². The normalized spacial score (nSPS) is 10.2. The fourth-order valence-corrected chi connectivity index (χ4v) is 3.29. The monoisotopic (exact) mass is 486 g/mol.